The first-order chi connectivity index (χ1) is 9.79. The van der Waals surface area contributed by atoms with E-state index < -0.39 is 17.3 Å². The van der Waals surface area contributed by atoms with Crippen molar-refractivity contribution in [3.8, 4) is 0 Å². The molecule has 0 aliphatic carbocycles. The number of amides is 1. The van der Waals surface area contributed by atoms with Crippen molar-refractivity contribution >= 4 is 11.9 Å². The molecule has 1 heterocycles. The summed E-state index contributed by atoms with van der Waals surface area (Å²) >= 11 is 0. The van der Waals surface area contributed by atoms with Crippen LogP contribution in [-0.4, -0.2) is 28.7 Å². The predicted molar refractivity (Wildman–Crippen MR) is 78.1 cm³/mol. The molecule has 118 valence electrons. The average Bonchev–Trinajstić information content (AvgIpc) is 2.78. The number of rotatable bonds is 7. The highest BCUT2D eigenvalue weighted by Gasteiger charge is 2.36. The third-order valence-electron chi connectivity index (χ3n) is 4.32. The van der Waals surface area contributed by atoms with Crippen LogP contribution in [0.15, 0.2) is 4.52 Å². The number of aryl methyl sites for hydroxylation is 2. The van der Waals surface area contributed by atoms with E-state index >= 15 is 0 Å². The van der Waals surface area contributed by atoms with Crippen molar-refractivity contribution in [1.29, 1.82) is 0 Å². The third-order valence-corrected chi connectivity index (χ3v) is 4.32. The summed E-state index contributed by atoms with van der Waals surface area (Å²) in [7, 11) is 0. The van der Waals surface area contributed by atoms with Crippen LogP contribution in [0.1, 0.15) is 56.5 Å². The van der Waals surface area contributed by atoms with Gasteiger partial charge in [-0.15, -0.1) is 0 Å². The molecule has 21 heavy (non-hydrogen) atoms. The van der Waals surface area contributed by atoms with Crippen LogP contribution in [0.2, 0.25) is 0 Å². The van der Waals surface area contributed by atoms with E-state index in [1.54, 1.807) is 20.8 Å². The Hall–Kier alpha value is -1.85. The molecule has 1 atom stereocenters. The predicted octanol–water partition coefficient (Wildman–Crippen LogP) is 2.40. The Morgan fingerprint density at radius 1 is 1.33 bits per heavy atom. The first kappa shape index (κ1) is 17.2. The van der Waals surface area contributed by atoms with Gasteiger partial charge < -0.3 is 14.9 Å². The summed E-state index contributed by atoms with van der Waals surface area (Å²) in [6.07, 6.45) is 0.942. The summed E-state index contributed by atoms with van der Waals surface area (Å²) in [5.41, 5.74) is 0.542. The Morgan fingerprint density at radius 2 is 1.90 bits per heavy atom. The molecule has 1 aromatic rings. The third kappa shape index (κ3) is 3.43. The van der Waals surface area contributed by atoms with E-state index in [-0.39, 0.29) is 12.5 Å². The number of carbonyl (C=O) groups is 2. The van der Waals surface area contributed by atoms with Crippen LogP contribution in [0.3, 0.4) is 0 Å². The molecule has 0 aromatic carbocycles. The molecule has 0 unspecified atom stereocenters. The molecule has 0 saturated carbocycles. The minimum Gasteiger partial charge on any atom is -0.481 e. The van der Waals surface area contributed by atoms with Crippen LogP contribution in [0.4, 0.5) is 0 Å². The Bertz CT molecular complexity index is 498. The van der Waals surface area contributed by atoms with Gasteiger partial charge in [0.25, 0.3) is 0 Å². The largest absolute Gasteiger partial charge is 0.481 e. The zero-order valence-electron chi connectivity index (χ0n) is 13.3. The number of nitrogens with zero attached hydrogens (tertiary/aromatic N) is 1. The van der Waals surface area contributed by atoms with Crippen molar-refractivity contribution in [3.05, 3.63) is 17.0 Å². The SMILES string of the molecule is CCC(CC)(CNC(=O)[C@H](C)c1c(C)noc1C)C(=O)O. The number of aliphatic carboxylic acids is 1. The molecule has 0 aliphatic heterocycles. The van der Waals surface area contributed by atoms with Gasteiger partial charge in [0.05, 0.1) is 17.0 Å². The van der Waals surface area contributed by atoms with Gasteiger partial charge >= 0.3 is 5.97 Å². The Labute approximate surface area is 124 Å². The van der Waals surface area contributed by atoms with Crippen LogP contribution >= 0.6 is 0 Å². The van der Waals surface area contributed by atoms with Gasteiger partial charge in [0, 0.05) is 12.1 Å². The minimum absolute atomic E-state index is 0.127. The van der Waals surface area contributed by atoms with E-state index in [1.165, 1.54) is 0 Å². The van der Waals surface area contributed by atoms with Crippen LogP contribution in [-0.2, 0) is 9.59 Å². The molecule has 0 saturated heterocycles. The fourth-order valence-corrected chi connectivity index (χ4v) is 2.53. The average molecular weight is 296 g/mol. The molecule has 0 bridgehead atoms. The monoisotopic (exact) mass is 296 g/mol. The Kier molecular flexibility index (Phi) is 5.52. The van der Waals surface area contributed by atoms with Crippen LogP contribution in [0, 0.1) is 19.3 Å². The number of hydrogen-bond acceptors (Lipinski definition) is 4. The lowest BCUT2D eigenvalue weighted by molar-refractivity contribution is -0.149. The molecular weight excluding hydrogens is 272 g/mol. The van der Waals surface area contributed by atoms with E-state index in [4.69, 9.17) is 4.52 Å². The molecule has 1 aromatic heterocycles. The quantitative estimate of drug-likeness (QED) is 0.806. The number of nitrogens with one attached hydrogen (secondary N) is 1. The highest BCUT2D eigenvalue weighted by molar-refractivity contribution is 5.84. The number of carboxylic acids is 1. The first-order valence-electron chi connectivity index (χ1n) is 7.23. The molecule has 2 N–H and O–H groups in total. The van der Waals surface area contributed by atoms with Crippen LogP contribution in [0.5, 0.6) is 0 Å². The van der Waals surface area contributed by atoms with Crippen molar-refractivity contribution < 1.29 is 19.2 Å². The van der Waals surface area contributed by atoms with Gasteiger partial charge in [-0.25, -0.2) is 0 Å². The number of carbonyl (C=O) groups excluding carboxylic acids is 1. The Morgan fingerprint density at radius 3 is 2.29 bits per heavy atom. The number of hydrogen-bond donors (Lipinski definition) is 2. The molecule has 6 nitrogen and oxygen atoms in total. The Balaban J connectivity index is 2.80. The number of carboxylic acid groups (broad SMARTS) is 1. The van der Waals surface area contributed by atoms with E-state index in [1.807, 2.05) is 13.8 Å². The summed E-state index contributed by atoms with van der Waals surface area (Å²) < 4.78 is 5.07. The lowest BCUT2D eigenvalue weighted by Gasteiger charge is -2.27. The molecule has 0 radical (unpaired) electrons. The summed E-state index contributed by atoms with van der Waals surface area (Å²) in [4.78, 5) is 23.7. The minimum atomic E-state index is -0.909. The number of aromatic nitrogens is 1. The van der Waals surface area contributed by atoms with Gasteiger partial charge in [-0.2, -0.15) is 0 Å². The van der Waals surface area contributed by atoms with Crippen molar-refractivity contribution in [2.45, 2.75) is 53.4 Å². The van der Waals surface area contributed by atoms with E-state index in [0.29, 0.717) is 24.3 Å². The molecule has 6 heteroatoms. The van der Waals surface area contributed by atoms with Gasteiger partial charge in [0.15, 0.2) is 0 Å². The van der Waals surface area contributed by atoms with Gasteiger partial charge in [-0.05, 0) is 33.6 Å². The second kappa shape index (κ2) is 6.74. The summed E-state index contributed by atoms with van der Waals surface area (Å²) in [6.45, 7) is 9.08. The molecule has 1 rings (SSSR count). The van der Waals surface area contributed by atoms with Gasteiger partial charge in [0.2, 0.25) is 5.91 Å². The maximum absolute atomic E-state index is 12.3. The van der Waals surface area contributed by atoms with Gasteiger partial charge in [-0.3, -0.25) is 9.59 Å². The first-order valence-corrected chi connectivity index (χ1v) is 7.23. The molecular formula is C15H24N2O4. The maximum Gasteiger partial charge on any atom is 0.311 e. The van der Waals surface area contributed by atoms with Crippen LogP contribution in [0.25, 0.3) is 0 Å². The normalized spacial score (nSPS) is 13.0. The fourth-order valence-electron chi connectivity index (χ4n) is 2.53. The van der Waals surface area contributed by atoms with Crippen molar-refractivity contribution in [1.82, 2.24) is 10.5 Å². The zero-order chi connectivity index (χ0) is 16.2. The van der Waals surface area contributed by atoms with E-state index in [9.17, 15) is 14.7 Å². The zero-order valence-corrected chi connectivity index (χ0v) is 13.3. The summed E-state index contributed by atoms with van der Waals surface area (Å²) in [5, 5.41) is 16.0. The van der Waals surface area contributed by atoms with E-state index in [0.717, 1.165) is 5.56 Å². The second-order valence-electron chi connectivity index (χ2n) is 5.47. The second-order valence-corrected chi connectivity index (χ2v) is 5.47. The van der Waals surface area contributed by atoms with Crippen molar-refractivity contribution in [2.24, 2.45) is 5.41 Å². The summed E-state index contributed by atoms with van der Waals surface area (Å²) in [5.74, 6) is -0.892. The van der Waals surface area contributed by atoms with Gasteiger partial charge in [-0.1, -0.05) is 19.0 Å². The molecule has 1 amide bonds. The van der Waals surface area contributed by atoms with E-state index in [2.05, 4.69) is 10.5 Å². The fraction of sp³-hybridized carbons (Fsp3) is 0.667. The molecule has 0 fully saturated rings. The molecule has 0 aliphatic rings. The lowest BCUT2D eigenvalue weighted by atomic mass is 9.82. The van der Waals surface area contributed by atoms with Crippen molar-refractivity contribution in [2.75, 3.05) is 6.54 Å². The van der Waals surface area contributed by atoms with Gasteiger partial charge in [0.1, 0.15) is 5.76 Å². The summed E-state index contributed by atoms with van der Waals surface area (Å²) in [6, 6.07) is 0. The standard InChI is InChI=1S/C15H24N2O4/c1-6-15(7-2,14(19)20)8-16-13(18)9(3)12-10(4)17-21-11(12)5/h9H,6-8H2,1-5H3,(H,16,18)(H,19,20)/t9-/m1/s1. The maximum atomic E-state index is 12.3. The van der Waals surface area contributed by atoms with Crippen LogP contribution < -0.4 is 5.32 Å². The molecule has 0 spiro atoms. The topological polar surface area (TPSA) is 92.4 Å². The lowest BCUT2D eigenvalue weighted by Crippen LogP contribution is -2.43. The highest BCUT2D eigenvalue weighted by atomic mass is 16.5. The highest BCUT2D eigenvalue weighted by Crippen LogP contribution is 2.27. The van der Waals surface area contributed by atoms with Crippen molar-refractivity contribution in [3.63, 3.8) is 0 Å². The smallest absolute Gasteiger partial charge is 0.311 e.